The van der Waals surface area contributed by atoms with Crippen LogP contribution in [0, 0.1) is 11.3 Å². The molecule has 124 valence electrons. The highest BCUT2D eigenvalue weighted by molar-refractivity contribution is 8.14. The van der Waals surface area contributed by atoms with E-state index in [-0.39, 0.29) is 17.2 Å². The van der Waals surface area contributed by atoms with E-state index in [1.165, 1.54) is 6.42 Å². The Balaban J connectivity index is 1.85. The standard InChI is InChI=1S/C18H23ClN2OS/c1-4-21(13-7-5-12(19)6-8-13)17-20-16(22)14-11-18(2,3)10-9-15(14)23-17/h5-8,14-15H,4,9-11H2,1-3H3. The van der Waals surface area contributed by atoms with Gasteiger partial charge >= 0.3 is 0 Å². The summed E-state index contributed by atoms with van der Waals surface area (Å²) < 4.78 is 0. The molecule has 0 aromatic heterocycles. The topological polar surface area (TPSA) is 32.7 Å². The van der Waals surface area contributed by atoms with Crippen molar-refractivity contribution in [1.82, 2.24) is 0 Å². The maximum absolute atomic E-state index is 12.6. The molecule has 0 N–H and O–H groups in total. The number of aliphatic imine (C=N–C) groups is 1. The van der Waals surface area contributed by atoms with Crippen LogP contribution in [0.2, 0.25) is 5.02 Å². The van der Waals surface area contributed by atoms with E-state index in [0.717, 1.165) is 30.2 Å². The van der Waals surface area contributed by atoms with Gasteiger partial charge in [-0.25, -0.2) is 0 Å². The van der Waals surface area contributed by atoms with E-state index in [2.05, 4.69) is 30.7 Å². The van der Waals surface area contributed by atoms with Crippen LogP contribution in [-0.4, -0.2) is 22.9 Å². The molecule has 3 rings (SSSR count). The van der Waals surface area contributed by atoms with Gasteiger partial charge in [-0.05, 0) is 55.9 Å². The highest BCUT2D eigenvalue weighted by Gasteiger charge is 2.43. The Bertz CT molecular complexity index is 626. The number of amides is 1. The summed E-state index contributed by atoms with van der Waals surface area (Å²) in [6.07, 6.45) is 3.22. The van der Waals surface area contributed by atoms with Crippen LogP contribution in [0.15, 0.2) is 29.3 Å². The van der Waals surface area contributed by atoms with E-state index < -0.39 is 0 Å². The zero-order valence-corrected chi connectivity index (χ0v) is 15.5. The maximum atomic E-state index is 12.6. The molecule has 1 aliphatic heterocycles. The summed E-state index contributed by atoms with van der Waals surface area (Å²) in [6.45, 7) is 7.38. The summed E-state index contributed by atoms with van der Waals surface area (Å²) in [5, 5.41) is 1.92. The fourth-order valence-electron chi connectivity index (χ4n) is 3.46. The minimum Gasteiger partial charge on any atom is -0.321 e. The molecule has 1 aromatic carbocycles. The minimum absolute atomic E-state index is 0.0592. The van der Waals surface area contributed by atoms with Crippen molar-refractivity contribution in [3.8, 4) is 0 Å². The van der Waals surface area contributed by atoms with Crippen LogP contribution < -0.4 is 4.90 Å². The highest BCUT2D eigenvalue weighted by atomic mass is 35.5. The van der Waals surface area contributed by atoms with Crippen molar-refractivity contribution in [3.05, 3.63) is 29.3 Å². The normalized spacial score (nSPS) is 26.4. The molecule has 1 saturated carbocycles. The Labute approximate surface area is 147 Å². The second kappa shape index (κ2) is 6.48. The van der Waals surface area contributed by atoms with Crippen molar-refractivity contribution >= 4 is 40.1 Å². The van der Waals surface area contributed by atoms with Gasteiger partial charge in [-0.15, -0.1) is 0 Å². The predicted molar refractivity (Wildman–Crippen MR) is 99.4 cm³/mol. The fraction of sp³-hybridized carbons (Fsp3) is 0.556. The molecule has 0 radical (unpaired) electrons. The molecule has 3 nitrogen and oxygen atoms in total. The van der Waals surface area contributed by atoms with Gasteiger partial charge in [-0.3, -0.25) is 4.79 Å². The third-order valence-corrected chi connectivity index (χ3v) is 6.43. The first kappa shape index (κ1) is 16.8. The van der Waals surface area contributed by atoms with Crippen LogP contribution in [-0.2, 0) is 4.79 Å². The summed E-state index contributed by atoms with van der Waals surface area (Å²) in [6, 6.07) is 7.72. The van der Waals surface area contributed by atoms with Crippen LogP contribution in [0.25, 0.3) is 0 Å². The molecule has 0 bridgehead atoms. The second-order valence-corrected chi connectivity index (χ2v) is 8.77. The third kappa shape index (κ3) is 3.58. The number of carbonyl (C=O) groups is 1. The number of anilines is 1. The summed E-state index contributed by atoms with van der Waals surface area (Å²) >= 11 is 7.75. The number of fused-ring (bicyclic) bond motifs is 1. The van der Waals surface area contributed by atoms with Crippen molar-refractivity contribution in [2.45, 2.75) is 45.3 Å². The van der Waals surface area contributed by atoms with Gasteiger partial charge in [0.1, 0.15) is 0 Å². The number of nitrogens with zero attached hydrogens (tertiary/aromatic N) is 2. The number of amidine groups is 1. The number of benzene rings is 1. The molecular formula is C18H23ClN2OS. The summed E-state index contributed by atoms with van der Waals surface area (Å²) in [5.41, 5.74) is 1.29. The molecule has 1 amide bonds. The van der Waals surface area contributed by atoms with E-state index in [4.69, 9.17) is 11.6 Å². The van der Waals surface area contributed by atoms with Gasteiger partial charge in [0.05, 0.1) is 5.92 Å². The molecular weight excluding hydrogens is 328 g/mol. The molecule has 0 spiro atoms. The molecule has 1 fully saturated rings. The predicted octanol–water partition coefficient (Wildman–Crippen LogP) is 4.99. The zero-order valence-electron chi connectivity index (χ0n) is 13.9. The average molecular weight is 351 g/mol. The Morgan fingerprint density at radius 1 is 1.35 bits per heavy atom. The van der Waals surface area contributed by atoms with Crippen molar-refractivity contribution in [3.63, 3.8) is 0 Å². The van der Waals surface area contributed by atoms with E-state index in [0.29, 0.717) is 10.3 Å². The lowest BCUT2D eigenvalue weighted by molar-refractivity contribution is -0.123. The molecule has 2 aliphatic rings. The van der Waals surface area contributed by atoms with Gasteiger partial charge in [-0.1, -0.05) is 37.2 Å². The number of hydrogen-bond acceptors (Lipinski definition) is 3. The largest absolute Gasteiger partial charge is 0.321 e. The molecule has 2 unspecified atom stereocenters. The first-order valence-electron chi connectivity index (χ1n) is 8.22. The van der Waals surface area contributed by atoms with E-state index in [9.17, 15) is 4.79 Å². The van der Waals surface area contributed by atoms with Crippen molar-refractivity contribution in [2.75, 3.05) is 11.4 Å². The Morgan fingerprint density at radius 3 is 2.70 bits per heavy atom. The number of carbonyl (C=O) groups excluding carboxylic acids is 1. The van der Waals surface area contributed by atoms with Crippen LogP contribution in [0.1, 0.15) is 40.0 Å². The lowest BCUT2D eigenvalue weighted by atomic mass is 9.71. The SMILES string of the molecule is CCN(C1=NC(=O)C2CC(C)(C)CCC2S1)c1ccc(Cl)cc1. The van der Waals surface area contributed by atoms with Crippen molar-refractivity contribution in [2.24, 2.45) is 16.3 Å². The summed E-state index contributed by atoms with van der Waals surface area (Å²) in [7, 11) is 0. The van der Waals surface area contributed by atoms with Crippen LogP contribution in [0.3, 0.4) is 0 Å². The smallest absolute Gasteiger partial charge is 0.252 e. The van der Waals surface area contributed by atoms with Gasteiger partial charge < -0.3 is 4.90 Å². The Hall–Kier alpha value is -1.00. The van der Waals surface area contributed by atoms with Crippen LogP contribution in [0.4, 0.5) is 5.69 Å². The first-order chi connectivity index (χ1) is 10.9. The van der Waals surface area contributed by atoms with Crippen LogP contribution >= 0.6 is 23.4 Å². The average Bonchev–Trinajstić information content (AvgIpc) is 2.50. The van der Waals surface area contributed by atoms with Gasteiger partial charge in [0.15, 0.2) is 5.17 Å². The zero-order chi connectivity index (χ0) is 16.6. The Morgan fingerprint density at radius 2 is 2.04 bits per heavy atom. The molecule has 1 aromatic rings. The van der Waals surface area contributed by atoms with Crippen molar-refractivity contribution < 1.29 is 4.79 Å². The fourth-order valence-corrected chi connectivity index (χ4v) is 4.98. The van der Waals surface area contributed by atoms with Gasteiger partial charge in [0.25, 0.3) is 5.91 Å². The molecule has 0 saturated heterocycles. The lowest BCUT2D eigenvalue weighted by Gasteiger charge is -2.42. The molecule has 23 heavy (non-hydrogen) atoms. The van der Waals surface area contributed by atoms with Crippen LogP contribution in [0.5, 0.6) is 0 Å². The van der Waals surface area contributed by atoms with Gasteiger partial charge in [0, 0.05) is 22.5 Å². The Kier molecular flexibility index (Phi) is 4.75. The molecule has 2 atom stereocenters. The van der Waals surface area contributed by atoms with Gasteiger partial charge in [-0.2, -0.15) is 4.99 Å². The van der Waals surface area contributed by atoms with E-state index in [1.54, 1.807) is 11.8 Å². The molecule has 1 heterocycles. The second-order valence-electron chi connectivity index (χ2n) is 7.12. The highest BCUT2D eigenvalue weighted by Crippen LogP contribution is 2.46. The van der Waals surface area contributed by atoms with Crippen molar-refractivity contribution in [1.29, 1.82) is 0 Å². The number of rotatable bonds is 2. The van der Waals surface area contributed by atoms with E-state index in [1.807, 2.05) is 24.3 Å². The quantitative estimate of drug-likeness (QED) is 0.753. The number of halogens is 1. The third-order valence-electron chi connectivity index (χ3n) is 4.79. The molecule has 5 heteroatoms. The summed E-state index contributed by atoms with van der Waals surface area (Å²) in [4.78, 5) is 19.1. The first-order valence-corrected chi connectivity index (χ1v) is 9.48. The number of hydrogen-bond donors (Lipinski definition) is 0. The molecule has 1 aliphatic carbocycles. The lowest BCUT2D eigenvalue weighted by Crippen LogP contribution is -2.43. The minimum atomic E-state index is 0.0592. The van der Waals surface area contributed by atoms with E-state index >= 15 is 0 Å². The monoisotopic (exact) mass is 350 g/mol. The maximum Gasteiger partial charge on any atom is 0.252 e. The number of thioether (sulfide) groups is 1. The van der Waals surface area contributed by atoms with Gasteiger partial charge in [0.2, 0.25) is 0 Å². The summed E-state index contributed by atoms with van der Waals surface area (Å²) in [5.74, 6) is 0.139.